The average molecular weight is 363 g/mol. The van der Waals surface area contributed by atoms with Crippen LogP contribution in [-0.2, 0) is 10.0 Å². The number of rotatable bonds is 7. The highest BCUT2D eigenvalue weighted by atomic mass is 79.9. The number of sulfonamides is 1. The van der Waals surface area contributed by atoms with Crippen molar-refractivity contribution in [1.29, 1.82) is 0 Å². The molecular formula is C14H23BrN2O2S. The molecule has 0 unspecified atom stereocenters. The summed E-state index contributed by atoms with van der Waals surface area (Å²) < 4.78 is 27.5. The molecule has 4 nitrogen and oxygen atoms in total. The van der Waals surface area contributed by atoms with Crippen LogP contribution in [0.3, 0.4) is 0 Å². The lowest BCUT2D eigenvalue weighted by Crippen LogP contribution is -2.35. The van der Waals surface area contributed by atoms with Crippen LogP contribution in [0.1, 0.15) is 33.6 Å². The molecule has 0 amide bonds. The summed E-state index contributed by atoms with van der Waals surface area (Å²) in [5, 5.41) is 0. The third-order valence-electron chi connectivity index (χ3n) is 3.57. The van der Waals surface area contributed by atoms with Crippen LogP contribution in [-0.4, -0.2) is 25.8 Å². The van der Waals surface area contributed by atoms with Gasteiger partial charge in [0.1, 0.15) is 0 Å². The second kappa shape index (κ2) is 7.43. The SMILES string of the molecule is CCC(CC)CN(CC)S(=O)(=O)c1ccc(Br)c(N)c1. The summed E-state index contributed by atoms with van der Waals surface area (Å²) in [6.45, 7) is 7.07. The summed E-state index contributed by atoms with van der Waals surface area (Å²) in [5.41, 5.74) is 6.22. The number of benzene rings is 1. The zero-order chi connectivity index (χ0) is 15.3. The van der Waals surface area contributed by atoms with E-state index in [1.165, 1.54) is 10.4 Å². The van der Waals surface area contributed by atoms with E-state index in [-0.39, 0.29) is 4.90 Å². The van der Waals surface area contributed by atoms with Gasteiger partial charge in [0.05, 0.1) is 4.90 Å². The van der Waals surface area contributed by atoms with Gasteiger partial charge >= 0.3 is 0 Å². The van der Waals surface area contributed by atoms with Crippen LogP contribution < -0.4 is 5.73 Å². The molecule has 0 spiro atoms. The molecule has 0 radical (unpaired) electrons. The van der Waals surface area contributed by atoms with Gasteiger partial charge in [-0.1, -0.05) is 33.6 Å². The molecule has 0 fully saturated rings. The third-order valence-corrected chi connectivity index (χ3v) is 6.23. The van der Waals surface area contributed by atoms with Crippen molar-refractivity contribution in [3.8, 4) is 0 Å². The fourth-order valence-corrected chi connectivity index (χ4v) is 3.87. The number of nitrogen functional groups attached to an aromatic ring is 1. The van der Waals surface area contributed by atoms with Crippen molar-refractivity contribution in [2.75, 3.05) is 18.8 Å². The molecule has 1 aromatic carbocycles. The van der Waals surface area contributed by atoms with Gasteiger partial charge in [0.15, 0.2) is 0 Å². The van der Waals surface area contributed by atoms with Crippen LogP contribution in [0.2, 0.25) is 0 Å². The maximum absolute atomic E-state index is 12.6. The van der Waals surface area contributed by atoms with Gasteiger partial charge in [-0.15, -0.1) is 0 Å². The Morgan fingerprint density at radius 2 is 1.85 bits per heavy atom. The fourth-order valence-electron chi connectivity index (χ4n) is 2.06. The Morgan fingerprint density at radius 1 is 1.25 bits per heavy atom. The molecule has 20 heavy (non-hydrogen) atoms. The first kappa shape index (κ1) is 17.5. The van der Waals surface area contributed by atoms with Gasteiger partial charge in [-0.3, -0.25) is 0 Å². The molecule has 0 atom stereocenters. The summed E-state index contributed by atoms with van der Waals surface area (Å²) in [6, 6.07) is 4.77. The molecular weight excluding hydrogens is 340 g/mol. The molecule has 0 aliphatic carbocycles. The first-order valence-electron chi connectivity index (χ1n) is 6.91. The number of halogens is 1. The second-order valence-corrected chi connectivity index (χ2v) is 7.61. The quantitative estimate of drug-likeness (QED) is 0.755. The molecule has 2 N–H and O–H groups in total. The maximum Gasteiger partial charge on any atom is 0.243 e. The number of nitrogens with two attached hydrogens (primary N) is 1. The Hall–Kier alpha value is -0.590. The summed E-state index contributed by atoms with van der Waals surface area (Å²) in [4.78, 5) is 0.256. The van der Waals surface area contributed by atoms with E-state index in [4.69, 9.17) is 5.73 Å². The Kier molecular flexibility index (Phi) is 6.48. The minimum atomic E-state index is -3.47. The maximum atomic E-state index is 12.6. The van der Waals surface area contributed by atoms with Crippen LogP contribution in [0.4, 0.5) is 5.69 Å². The van der Waals surface area contributed by atoms with E-state index in [1.807, 2.05) is 6.92 Å². The molecule has 0 aliphatic rings. The third kappa shape index (κ3) is 3.96. The van der Waals surface area contributed by atoms with E-state index in [9.17, 15) is 8.42 Å². The predicted octanol–water partition coefficient (Wildman–Crippen LogP) is 3.48. The van der Waals surface area contributed by atoms with Crippen LogP contribution in [0.5, 0.6) is 0 Å². The van der Waals surface area contributed by atoms with Crippen LogP contribution in [0, 0.1) is 5.92 Å². The lowest BCUT2D eigenvalue weighted by Gasteiger charge is -2.25. The van der Waals surface area contributed by atoms with E-state index < -0.39 is 10.0 Å². The van der Waals surface area contributed by atoms with E-state index in [1.54, 1.807) is 12.1 Å². The molecule has 0 aliphatic heterocycles. The van der Waals surface area contributed by atoms with Gasteiger partial charge in [0.2, 0.25) is 10.0 Å². The first-order chi connectivity index (χ1) is 9.36. The zero-order valence-corrected chi connectivity index (χ0v) is 14.7. The Labute approximate surface area is 130 Å². The van der Waals surface area contributed by atoms with Gasteiger partial charge in [-0.05, 0) is 40.0 Å². The number of nitrogens with zero attached hydrogens (tertiary/aromatic N) is 1. The highest BCUT2D eigenvalue weighted by molar-refractivity contribution is 9.10. The minimum Gasteiger partial charge on any atom is -0.398 e. The normalized spacial score (nSPS) is 12.3. The van der Waals surface area contributed by atoms with E-state index in [2.05, 4.69) is 29.8 Å². The fraction of sp³-hybridized carbons (Fsp3) is 0.571. The van der Waals surface area contributed by atoms with Crippen molar-refractivity contribution >= 4 is 31.6 Å². The van der Waals surface area contributed by atoms with Crippen molar-refractivity contribution in [1.82, 2.24) is 4.31 Å². The standard InChI is InChI=1S/C14H23BrN2O2S/c1-4-11(5-2)10-17(6-3)20(18,19)12-7-8-13(15)14(16)9-12/h7-9,11H,4-6,10,16H2,1-3H3. The number of hydrogen-bond acceptors (Lipinski definition) is 3. The summed E-state index contributed by atoms with van der Waals surface area (Å²) in [7, 11) is -3.47. The van der Waals surface area contributed by atoms with Crippen LogP contribution >= 0.6 is 15.9 Å². The molecule has 1 aromatic rings. The second-order valence-electron chi connectivity index (χ2n) is 4.82. The molecule has 0 heterocycles. The molecule has 1 rings (SSSR count). The van der Waals surface area contributed by atoms with Gasteiger partial charge in [0, 0.05) is 23.2 Å². The Morgan fingerprint density at radius 3 is 2.30 bits per heavy atom. The lowest BCUT2D eigenvalue weighted by molar-refractivity contribution is 0.339. The zero-order valence-electron chi connectivity index (χ0n) is 12.3. The average Bonchev–Trinajstić information content (AvgIpc) is 2.42. The molecule has 6 heteroatoms. The summed E-state index contributed by atoms with van der Waals surface area (Å²) in [5.74, 6) is 0.387. The van der Waals surface area contributed by atoms with Crippen LogP contribution in [0.25, 0.3) is 0 Å². The topological polar surface area (TPSA) is 63.4 Å². The van der Waals surface area contributed by atoms with Crippen molar-refractivity contribution in [2.45, 2.75) is 38.5 Å². The summed E-state index contributed by atoms with van der Waals surface area (Å²) in [6.07, 6.45) is 1.95. The highest BCUT2D eigenvalue weighted by Gasteiger charge is 2.25. The predicted molar refractivity (Wildman–Crippen MR) is 87.1 cm³/mol. The largest absolute Gasteiger partial charge is 0.398 e. The van der Waals surface area contributed by atoms with Crippen molar-refractivity contribution in [2.24, 2.45) is 5.92 Å². The number of hydrogen-bond donors (Lipinski definition) is 1. The van der Waals surface area contributed by atoms with Crippen LogP contribution in [0.15, 0.2) is 27.6 Å². The molecule has 0 saturated heterocycles. The smallest absolute Gasteiger partial charge is 0.243 e. The van der Waals surface area contributed by atoms with Gasteiger partial charge < -0.3 is 5.73 Å². The van der Waals surface area contributed by atoms with E-state index in [0.29, 0.717) is 29.2 Å². The summed E-state index contributed by atoms with van der Waals surface area (Å²) >= 11 is 3.28. The molecule has 0 saturated carbocycles. The van der Waals surface area contributed by atoms with Crippen molar-refractivity contribution < 1.29 is 8.42 Å². The Bertz CT molecular complexity index is 542. The van der Waals surface area contributed by atoms with Gasteiger partial charge in [-0.2, -0.15) is 4.31 Å². The lowest BCUT2D eigenvalue weighted by atomic mass is 10.0. The van der Waals surface area contributed by atoms with Gasteiger partial charge in [0.25, 0.3) is 0 Å². The molecule has 0 bridgehead atoms. The van der Waals surface area contributed by atoms with E-state index >= 15 is 0 Å². The first-order valence-corrected chi connectivity index (χ1v) is 9.15. The monoisotopic (exact) mass is 362 g/mol. The van der Waals surface area contributed by atoms with Crippen molar-refractivity contribution in [3.05, 3.63) is 22.7 Å². The van der Waals surface area contributed by atoms with E-state index in [0.717, 1.165) is 12.8 Å². The van der Waals surface area contributed by atoms with Crippen molar-refractivity contribution in [3.63, 3.8) is 0 Å². The molecule has 114 valence electrons. The molecule has 0 aromatic heterocycles. The minimum absolute atomic E-state index is 0.256. The van der Waals surface area contributed by atoms with Gasteiger partial charge in [-0.25, -0.2) is 8.42 Å². The highest BCUT2D eigenvalue weighted by Crippen LogP contribution is 2.25. The number of anilines is 1. The Balaban J connectivity index is 3.08.